The first-order valence-electron chi connectivity index (χ1n) is 10.6. The highest BCUT2D eigenvalue weighted by Crippen LogP contribution is 2.26. The zero-order chi connectivity index (χ0) is 21.5. The molecule has 8 heteroatoms. The van der Waals surface area contributed by atoms with E-state index in [1.807, 2.05) is 36.4 Å². The minimum Gasteiger partial charge on any atom is -0.351 e. The number of hydrogen-bond acceptors (Lipinski definition) is 6. The lowest BCUT2D eigenvalue weighted by atomic mass is 9.95. The SMILES string of the molecule is O=C(NC1CCCCC1)[C@@H](c1ccccn1)N(Cc1ccccc1)C(=O)c1csnn1. The fraction of sp³-hybridized carbons (Fsp3) is 0.348. The first-order chi connectivity index (χ1) is 15.2. The second-order valence-corrected chi connectivity index (χ2v) is 8.32. The van der Waals surface area contributed by atoms with E-state index >= 15 is 0 Å². The maximum Gasteiger partial charge on any atom is 0.276 e. The van der Waals surface area contributed by atoms with Gasteiger partial charge in [-0.15, -0.1) is 5.10 Å². The third-order valence-corrected chi connectivity index (χ3v) is 6.02. The van der Waals surface area contributed by atoms with Gasteiger partial charge in [-0.25, -0.2) is 0 Å². The molecule has 1 aliphatic carbocycles. The zero-order valence-corrected chi connectivity index (χ0v) is 18.0. The summed E-state index contributed by atoms with van der Waals surface area (Å²) in [4.78, 5) is 33.0. The summed E-state index contributed by atoms with van der Waals surface area (Å²) >= 11 is 1.11. The topological polar surface area (TPSA) is 88.1 Å². The van der Waals surface area contributed by atoms with Crippen molar-refractivity contribution in [3.63, 3.8) is 0 Å². The van der Waals surface area contributed by atoms with E-state index in [1.54, 1.807) is 28.6 Å². The minimum absolute atomic E-state index is 0.127. The molecule has 3 aromatic rings. The molecule has 0 unspecified atom stereocenters. The Balaban J connectivity index is 1.69. The molecule has 2 amide bonds. The molecule has 7 nitrogen and oxygen atoms in total. The van der Waals surface area contributed by atoms with E-state index in [-0.39, 0.29) is 30.1 Å². The van der Waals surface area contributed by atoms with Crippen molar-refractivity contribution in [3.05, 3.63) is 77.1 Å². The Morgan fingerprint density at radius 2 is 1.84 bits per heavy atom. The zero-order valence-electron chi connectivity index (χ0n) is 17.2. The van der Waals surface area contributed by atoms with Gasteiger partial charge in [0.2, 0.25) is 5.91 Å². The Bertz CT molecular complexity index is 976. The van der Waals surface area contributed by atoms with Crippen molar-refractivity contribution in [2.24, 2.45) is 0 Å². The van der Waals surface area contributed by atoms with E-state index < -0.39 is 6.04 Å². The molecule has 0 bridgehead atoms. The summed E-state index contributed by atoms with van der Waals surface area (Å²) in [6.07, 6.45) is 6.98. The normalized spacial score (nSPS) is 15.2. The van der Waals surface area contributed by atoms with Crippen molar-refractivity contribution in [3.8, 4) is 0 Å². The van der Waals surface area contributed by atoms with Crippen molar-refractivity contribution in [2.75, 3.05) is 0 Å². The summed E-state index contributed by atoms with van der Waals surface area (Å²) in [5.41, 5.74) is 1.68. The van der Waals surface area contributed by atoms with Crippen LogP contribution in [-0.4, -0.2) is 37.3 Å². The summed E-state index contributed by atoms with van der Waals surface area (Å²) in [6.45, 7) is 0.260. The number of nitrogens with zero attached hydrogens (tertiary/aromatic N) is 4. The lowest BCUT2D eigenvalue weighted by molar-refractivity contribution is -0.127. The van der Waals surface area contributed by atoms with E-state index in [9.17, 15) is 9.59 Å². The van der Waals surface area contributed by atoms with Crippen LogP contribution in [0.25, 0.3) is 0 Å². The first kappa shape index (κ1) is 21.1. The molecule has 1 atom stereocenters. The summed E-state index contributed by atoms with van der Waals surface area (Å²) in [5, 5.41) is 8.74. The Morgan fingerprint density at radius 1 is 1.06 bits per heavy atom. The number of carbonyl (C=O) groups is 2. The average Bonchev–Trinajstić information content (AvgIpc) is 3.35. The number of benzene rings is 1. The van der Waals surface area contributed by atoms with Crippen molar-refractivity contribution < 1.29 is 9.59 Å². The number of hydrogen-bond donors (Lipinski definition) is 1. The molecular formula is C23H25N5O2S. The van der Waals surface area contributed by atoms with E-state index in [2.05, 4.69) is 19.9 Å². The van der Waals surface area contributed by atoms with Crippen LogP contribution in [0.2, 0.25) is 0 Å². The number of nitrogens with one attached hydrogen (secondary N) is 1. The number of aromatic nitrogens is 3. The van der Waals surface area contributed by atoms with Crippen LogP contribution in [0.1, 0.15) is 59.9 Å². The van der Waals surface area contributed by atoms with Crippen molar-refractivity contribution >= 4 is 23.3 Å². The van der Waals surface area contributed by atoms with Crippen LogP contribution in [0.3, 0.4) is 0 Å². The molecule has 0 spiro atoms. The molecular weight excluding hydrogens is 410 g/mol. The average molecular weight is 436 g/mol. The molecule has 1 aromatic carbocycles. The van der Waals surface area contributed by atoms with Crippen LogP contribution < -0.4 is 5.32 Å². The Hall–Kier alpha value is -3.13. The highest BCUT2D eigenvalue weighted by atomic mass is 32.1. The molecule has 2 heterocycles. The summed E-state index contributed by atoms with van der Waals surface area (Å²) in [7, 11) is 0. The molecule has 0 radical (unpaired) electrons. The van der Waals surface area contributed by atoms with Gasteiger partial charge in [-0.1, -0.05) is 60.1 Å². The molecule has 1 N–H and O–H groups in total. The number of rotatable bonds is 7. The van der Waals surface area contributed by atoms with E-state index in [0.717, 1.165) is 42.8 Å². The minimum atomic E-state index is -0.863. The number of amides is 2. The van der Waals surface area contributed by atoms with Crippen molar-refractivity contribution in [2.45, 2.75) is 50.7 Å². The van der Waals surface area contributed by atoms with Gasteiger partial charge < -0.3 is 10.2 Å². The smallest absolute Gasteiger partial charge is 0.276 e. The second-order valence-electron chi connectivity index (χ2n) is 7.71. The Morgan fingerprint density at radius 3 is 2.52 bits per heavy atom. The van der Waals surface area contributed by atoms with Crippen LogP contribution in [-0.2, 0) is 11.3 Å². The molecule has 0 saturated heterocycles. The van der Waals surface area contributed by atoms with Gasteiger partial charge in [0.1, 0.15) is 0 Å². The quantitative estimate of drug-likeness (QED) is 0.610. The lowest BCUT2D eigenvalue weighted by Crippen LogP contribution is -2.47. The monoisotopic (exact) mass is 435 g/mol. The van der Waals surface area contributed by atoms with E-state index in [4.69, 9.17) is 0 Å². The summed E-state index contributed by atoms with van der Waals surface area (Å²) in [6, 6.07) is 14.3. The van der Waals surface area contributed by atoms with Crippen LogP contribution in [0, 0.1) is 0 Å². The third kappa shape index (κ3) is 5.32. The molecule has 1 aliphatic rings. The maximum absolute atomic E-state index is 13.5. The van der Waals surface area contributed by atoms with Gasteiger partial charge in [-0.2, -0.15) is 0 Å². The lowest BCUT2D eigenvalue weighted by Gasteiger charge is -2.32. The fourth-order valence-electron chi connectivity index (χ4n) is 3.97. The van der Waals surface area contributed by atoms with Crippen LogP contribution in [0.4, 0.5) is 0 Å². The molecule has 2 aromatic heterocycles. The van der Waals surface area contributed by atoms with Crippen molar-refractivity contribution in [1.29, 1.82) is 0 Å². The second kappa shape index (κ2) is 10.3. The van der Waals surface area contributed by atoms with Gasteiger partial charge >= 0.3 is 0 Å². The predicted octanol–water partition coefficient (Wildman–Crippen LogP) is 3.77. The number of carbonyl (C=O) groups excluding carboxylic acids is 2. The summed E-state index contributed by atoms with van der Waals surface area (Å²) < 4.78 is 3.83. The van der Waals surface area contributed by atoms with Crippen molar-refractivity contribution in [1.82, 2.24) is 24.8 Å². The molecule has 0 aliphatic heterocycles. The van der Waals surface area contributed by atoms with Crippen LogP contribution in [0.5, 0.6) is 0 Å². The maximum atomic E-state index is 13.5. The Labute approximate surface area is 185 Å². The van der Waals surface area contributed by atoms with Gasteiger partial charge in [0.15, 0.2) is 11.7 Å². The van der Waals surface area contributed by atoms with Gasteiger partial charge in [-0.3, -0.25) is 14.6 Å². The number of pyridine rings is 1. The largest absolute Gasteiger partial charge is 0.351 e. The van der Waals surface area contributed by atoms with E-state index in [1.165, 1.54) is 6.42 Å². The predicted molar refractivity (Wildman–Crippen MR) is 118 cm³/mol. The highest BCUT2D eigenvalue weighted by Gasteiger charge is 2.35. The van der Waals surface area contributed by atoms with Crippen LogP contribution >= 0.6 is 11.5 Å². The fourth-order valence-corrected chi connectivity index (χ4v) is 4.40. The van der Waals surface area contributed by atoms with Gasteiger partial charge in [0.05, 0.1) is 5.69 Å². The standard InChI is InChI=1S/C23H25N5O2S/c29-22(25-18-11-5-2-6-12-18)21(19-13-7-8-14-24-19)28(15-17-9-3-1-4-10-17)23(30)20-16-31-27-26-20/h1,3-4,7-10,13-14,16,18,21H,2,5-6,11-12,15H2,(H,25,29)/t21-/m1/s1. The third-order valence-electron chi connectivity index (χ3n) is 5.52. The summed E-state index contributed by atoms with van der Waals surface area (Å²) in [5.74, 6) is -0.551. The molecule has 31 heavy (non-hydrogen) atoms. The van der Waals surface area contributed by atoms with Crippen LogP contribution in [0.15, 0.2) is 60.1 Å². The van der Waals surface area contributed by atoms with Gasteiger partial charge in [0, 0.05) is 24.2 Å². The molecule has 4 rings (SSSR count). The van der Waals surface area contributed by atoms with Gasteiger partial charge in [0.25, 0.3) is 5.91 Å². The van der Waals surface area contributed by atoms with E-state index in [0.29, 0.717) is 5.69 Å². The Kier molecular flexibility index (Phi) is 6.99. The highest BCUT2D eigenvalue weighted by molar-refractivity contribution is 7.03. The first-order valence-corrected chi connectivity index (χ1v) is 11.4. The van der Waals surface area contributed by atoms with Gasteiger partial charge in [-0.05, 0) is 42.1 Å². The molecule has 1 saturated carbocycles. The molecule has 160 valence electrons. The molecule has 1 fully saturated rings.